The zero-order chi connectivity index (χ0) is 21.8. The van der Waals surface area contributed by atoms with E-state index in [1.54, 1.807) is 18.2 Å². The second-order valence-electron chi connectivity index (χ2n) is 6.72. The molecule has 1 aromatic heterocycles. The van der Waals surface area contributed by atoms with Crippen molar-refractivity contribution in [2.75, 3.05) is 0 Å². The number of hydrogen-bond acceptors (Lipinski definition) is 5. The molecule has 31 heavy (non-hydrogen) atoms. The van der Waals surface area contributed by atoms with E-state index in [-0.39, 0.29) is 23.8 Å². The first kappa shape index (κ1) is 20.0. The molecule has 4 rings (SSSR count). The number of nitrogens with zero attached hydrogens (tertiary/aromatic N) is 1. The lowest BCUT2D eigenvalue weighted by Crippen LogP contribution is -1.99. The quantitative estimate of drug-likeness (QED) is 0.160. The largest absolute Gasteiger partial charge is 0.479 e. The molecule has 0 aliphatic rings. The van der Waals surface area contributed by atoms with Crippen LogP contribution in [0, 0.1) is 15.9 Å². The summed E-state index contributed by atoms with van der Waals surface area (Å²) in [6.45, 7) is -0.128. The van der Waals surface area contributed by atoms with Crippen LogP contribution in [-0.2, 0) is 6.61 Å². The monoisotopic (exact) mass is 417 g/mol. The predicted octanol–water partition coefficient (Wildman–Crippen LogP) is 5.96. The lowest BCUT2D eigenvalue weighted by atomic mass is 10.0. The fourth-order valence-electron chi connectivity index (χ4n) is 3.06. The average molecular weight is 417 g/mol. The Hall–Kier alpha value is -4.26. The van der Waals surface area contributed by atoms with E-state index in [4.69, 9.17) is 9.15 Å². The first-order valence-electron chi connectivity index (χ1n) is 9.36. The fourth-order valence-corrected chi connectivity index (χ4v) is 3.06. The first-order valence-corrected chi connectivity index (χ1v) is 9.36. The third kappa shape index (κ3) is 4.67. The Labute approximate surface area is 176 Å². The summed E-state index contributed by atoms with van der Waals surface area (Å²) in [5.41, 5.74) is 0.220. The summed E-state index contributed by atoms with van der Waals surface area (Å²) in [6, 6.07) is 19.5. The van der Waals surface area contributed by atoms with E-state index >= 15 is 0 Å². The number of benzene rings is 3. The maximum atomic E-state index is 13.4. The number of halogens is 1. The SMILES string of the molecule is O=C(/C=C/c1ccc(COc2cc(F)ccc2[N+](=O)[O-])o1)c1ccc2ccccc2c1. The minimum absolute atomic E-state index is 0.128. The summed E-state index contributed by atoms with van der Waals surface area (Å²) in [7, 11) is 0. The zero-order valence-corrected chi connectivity index (χ0v) is 16.2. The van der Waals surface area contributed by atoms with Crippen molar-refractivity contribution in [3.05, 3.63) is 112 Å². The molecule has 0 amide bonds. The molecule has 0 bridgehead atoms. The lowest BCUT2D eigenvalue weighted by Gasteiger charge is -2.05. The molecule has 0 fully saturated rings. The molecule has 0 unspecified atom stereocenters. The summed E-state index contributed by atoms with van der Waals surface area (Å²) < 4.78 is 24.3. The standard InChI is InChI=1S/C24H16FNO5/c25-19-7-11-22(26(28)29)24(14-19)30-15-21-9-8-20(31-21)10-12-23(27)18-6-5-16-3-1-2-4-17(16)13-18/h1-14H,15H2/b12-10+. The predicted molar refractivity (Wildman–Crippen MR) is 113 cm³/mol. The summed E-state index contributed by atoms with van der Waals surface area (Å²) in [5.74, 6) is -0.214. The van der Waals surface area contributed by atoms with Crippen LogP contribution >= 0.6 is 0 Å². The van der Waals surface area contributed by atoms with Crippen molar-refractivity contribution >= 4 is 28.3 Å². The van der Waals surface area contributed by atoms with E-state index in [0.717, 1.165) is 29.0 Å². The number of carbonyl (C=O) groups excluding carboxylic acids is 1. The number of carbonyl (C=O) groups is 1. The molecule has 0 saturated carbocycles. The summed E-state index contributed by atoms with van der Waals surface area (Å²) in [4.78, 5) is 22.8. The van der Waals surface area contributed by atoms with Crippen molar-refractivity contribution < 1.29 is 23.3 Å². The highest BCUT2D eigenvalue weighted by atomic mass is 19.1. The van der Waals surface area contributed by atoms with Crippen LogP contribution in [0.4, 0.5) is 10.1 Å². The number of hydrogen-bond donors (Lipinski definition) is 0. The maximum absolute atomic E-state index is 13.4. The Morgan fingerprint density at radius 2 is 1.84 bits per heavy atom. The van der Waals surface area contributed by atoms with Gasteiger partial charge in [-0.05, 0) is 47.2 Å². The molecule has 6 nitrogen and oxygen atoms in total. The molecule has 0 atom stereocenters. The molecular formula is C24H16FNO5. The van der Waals surface area contributed by atoms with Crippen molar-refractivity contribution in [3.63, 3.8) is 0 Å². The highest BCUT2D eigenvalue weighted by molar-refractivity contribution is 6.08. The number of furan rings is 1. The summed E-state index contributed by atoms with van der Waals surface area (Å²) >= 11 is 0. The van der Waals surface area contributed by atoms with Crippen molar-refractivity contribution in [1.82, 2.24) is 0 Å². The third-order valence-electron chi connectivity index (χ3n) is 4.60. The van der Waals surface area contributed by atoms with Crippen LogP contribution in [0.2, 0.25) is 0 Å². The molecule has 154 valence electrons. The minimum Gasteiger partial charge on any atom is -0.479 e. The van der Waals surface area contributed by atoms with Gasteiger partial charge in [-0.15, -0.1) is 0 Å². The van der Waals surface area contributed by atoms with Crippen LogP contribution in [0.1, 0.15) is 21.9 Å². The minimum atomic E-state index is -0.649. The van der Waals surface area contributed by atoms with E-state index in [1.165, 1.54) is 12.2 Å². The van der Waals surface area contributed by atoms with Crippen LogP contribution in [0.25, 0.3) is 16.8 Å². The van der Waals surface area contributed by atoms with Crippen LogP contribution in [-0.4, -0.2) is 10.7 Å². The Bertz CT molecular complexity index is 1310. The van der Waals surface area contributed by atoms with Crippen molar-refractivity contribution in [2.45, 2.75) is 6.61 Å². The number of fused-ring (bicyclic) bond motifs is 1. The molecule has 0 saturated heterocycles. The smallest absolute Gasteiger partial charge is 0.311 e. The number of nitro groups is 1. The Morgan fingerprint density at radius 1 is 1.03 bits per heavy atom. The van der Waals surface area contributed by atoms with Gasteiger partial charge in [0.1, 0.15) is 23.9 Å². The number of nitro benzene ring substituents is 1. The van der Waals surface area contributed by atoms with Gasteiger partial charge in [0.15, 0.2) is 11.5 Å². The molecule has 0 radical (unpaired) electrons. The molecule has 0 aliphatic carbocycles. The van der Waals surface area contributed by atoms with Gasteiger partial charge >= 0.3 is 5.69 Å². The number of ketones is 1. The fraction of sp³-hybridized carbons (Fsp3) is 0.0417. The van der Waals surface area contributed by atoms with Gasteiger partial charge in [-0.3, -0.25) is 14.9 Å². The Morgan fingerprint density at radius 3 is 2.65 bits per heavy atom. The molecule has 0 N–H and O–H groups in total. The first-order chi connectivity index (χ1) is 15.0. The molecule has 3 aromatic carbocycles. The van der Waals surface area contributed by atoms with Gasteiger partial charge < -0.3 is 9.15 Å². The van der Waals surface area contributed by atoms with Gasteiger partial charge in [-0.1, -0.05) is 36.4 Å². The molecular weight excluding hydrogens is 401 g/mol. The summed E-state index contributed by atoms with van der Waals surface area (Å²) in [6.07, 6.45) is 2.94. The number of allylic oxidation sites excluding steroid dienone is 1. The van der Waals surface area contributed by atoms with Gasteiger partial charge in [0.2, 0.25) is 0 Å². The molecule has 4 aromatic rings. The van der Waals surface area contributed by atoms with E-state index in [0.29, 0.717) is 17.1 Å². The lowest BCUT2D eigenvalue weighted by molar-refractivity contribution is -0.386. The van der Waals surface area contributed by atoms with Crippen LogP contribution in [0.5, 0.6) is 5.75 Å². The number of ether oxygens (including phenoxy) is 1. The van der Waals surface area contributed by atoms with E-state index in [1.807, 2.05) is 36.4 Å². The molecule has 7 heteroatoms. The topological polar surface area (TPSA) is 82.6 Å². The van der Waals surface area contributed by atoms with Crippen molar-refractivity contribution in [3.8, 4) is 5.75 Å². The molecule has 0 aliphatic heterocycles. The third-order valence-corrected chi connectivity index (χ3v) is 4.60. The van der Waals surface area contributed by atoms with Crippen LogP contribution in [0.3, 0.4) is 0 Å². The van der Waals surface area contributed by atoms with Crippen LogP contribution < -0.4 is 4.74 Å². The van der Waals surface area contributed by atoms with E-state index in [2.05, 4.69) is 0 Å². The Kier molecular flexibility index (Phi) is 5.57. The van der Waals surface area contributed by atoms with Gasteiger partial charge in [0.05, 0.1) is 4.92 Å². The zero-order valence-electron chi connectivity index (χ0n) is 16.2. The normalized spacial score (nSPS) is 11.1. The second kappa shape index (κ2) is 8.62. The number of rotatable bonds is 7. The highest BCUT2D eigenvalue weighted by Gasteiger charge is 2.16. The van der Waals surface area contributed by atoms with Crippen molar-refractivity contribution in [2.24, 2.45) is 0 Å². The average Bonchev–Trinajstić information content (AvgIpc) is 3.23. The van der Waals surface area contributed by atoms with Gasteiger partial charge in [0.25, 0.3) is 0 Å². The van der Waals surface area contributed by atoms with Gasteiger partial charge in [-0.2, -0.15) is 0 Å². The van der Waals surface area contributed by atoms with Crippen LogP contribution in [0.15, 0.2) is 83.3 Å². The van der Waals surface area contributed by atoms with E-state index in [9.17, 15) is 19.3 Å². The van der Waals surface area contributed by atoms with Crippen molar-refractivity contribution in [1.29, 1.82) is 0 Å². The molecule has 0 spiro atoms. The van der Waals surface area contributed by atoms with Gasteiger partial charge in [-0.25, -0.2) is 4.39 Å². The second-order valence-corrected chi connectivity index (χ2v) is 6.72. The van der Waals surface area contributed by atoms with Gasteiger partial charge in [0, 0.05) is 17.7 Å². The molecule has 1 heterocycles. The maximum Gasteiger partial charge on any atom is 0.311 e. The Balaban J connectivity index is 1.43. The van der Waals surface area contributed by atoms with E-state index < -0.39 is 10.7 Å². The highest BCUT2D eigenvalue weighted by Crippen LogP contribution is 2.28. The summed E-state index contributed by atoms with van der Waals surface area (Å²) in [5, 5.41) is 13.1.